The Labute approximate surface area is 97.2 Å². The number of halogens is 2. The van der Waals surface area contributed by atoms with Gasteiger partial charge in [-0.25, -0.2) is 4.39 Å². The summed E-state index contributed by atoms with van der Waals surface area (Å²) in [5.41, 5.74) is 5.65. The summed E-state index contributed by atoms with van der Waals surface area (Å²) in [6.07, 6.45) is 0. The Hall–Kier alpha value is -1.17. The van der Waals surface area contributed by atoms with E-state index in [1.807, 2.05) is 0 Å². The second-order valence-electron chi connectivity index (χ2n) is 3.31. The maximum absolute atomic E-state index is 13.2. The summed E-state index contributed by atoms with van der Waals surface area (Å²) in [7, 11) is 0. The van der Waals surface area contributed by atoms with E-state index >= 15 is 0 Å². The summed E-state index contributed by atoms with van der Waals surface area (Å²) >= 11 is 5.70. The van der Waals surface area contributed by atoms with Crippen LogP contribution in [-0.2, 0) is 11.3 Å². The van der Waals surface area contributed by atoms with Crippen LogP contribution in [0.25, 0.3) is 0 Å². The average molecular weight is 247 g/mol. The van der Waals surface area contributed by atoms with Crippen molar-refractivity contribution < 1.29 is 14.3 Å². The molecule has 0 aliphatic heterocycles. The highest BCUT2D eigenvalue weighted by atomic mass is 35.5. The Morgan fingerprint density at radius 3 is 2.94 bits per heavy atom. The minimum Gasteiger partial charge on any atom is -0.480 e. The summed E-state index contributed by atoms with van der Waals surface area (Å²) < 4.78 is 13.2. The first kappa shape index (κ1) is 12.9. The van der Waals surface area contributed by atoms with Crippen LogP contribution in [0.5, 0.6) is 0 Å². The molecule has 16 heavy (non-hydrogen) atoms. The molecule has 0 aliphatic carbocycles. The van der Waals surface area contributed by atoms with Crippen molar-refractivity contribution in [2.45, 2.75) is 12.6 Å². The minimum absolute atomic E-state index is 0.0707. The van der Waals surface area contributed by atoms with Crippen molar-refractivity contribution >= 4 is 17.6 Å². The van der Waals surface area contributed by atoms with Gasteiger partial charge in [0.15, 0.2) is 0 Å². The number of nitrogens with two attached hydrogens (primary N) is 1. The lowest BCUT2D eigenvalue weighted by atomic mass is 10.2. The third-order valence-corrected chi connectivity index (χ3v) is 2.24. The van der Waals surface area contributed by atoms with Crippen molar-refractivity contribution in [1.82, 2.24) is 5.32 Å². The molecule has 4 N–H and O–H groups in total. The number of hydrogen-bond acceptors (Lipinski definition) is 3. The molecule has 0 saturated carbocycles. The fourth-order valence-electron chi connectivity index (χ4n) is 1.13. The van der Waals surface area contributed by atoms with E-state index in [0.29, 0.717) is 10.6 Å². The fourth-order valence-corrected chi connectivity index (χ4v) is 1.32. The third-order valence-electron chi connectivity index (χ3n) is 2.00. The topological polar surface area (TPSA) is 75.3 Å². The van der Waals surface area contributed by atoms with Crippen LogP contribution in [0.15, 0.2) is 18.2 Å². The highest BCUT2D eigenvalue weighted by Gasteiger charge is 2.10. The fraction of sp³-hybridized carbons (Fsp3) is 0.300. The molecule has 1 aromatic rings. The predicted molar refractivity (Wildman–Crippen MR) is 58.7 cm³/mol. The molecular weight excluding hydrogens is 235 g/mol. The van der Waals surface area contributed by atoms with Crippen LogP contribution in [-0.4, -0.2) is 23.7 Å². The maximum Gasteiger partial charge on any atom is 0.321 e. The quantitative estimate of drug-likeness (QED) is 0.724. The molecule has 1 aromatic carbocycles. The average Bonchev–Trinajstić information content (AvgIpc) is 2.22. The molecule has 1 rings (SSSR count). The largest absolute Gasteiger partial charge is 0.480 e. The summed E-state index contributed by atoms with van der Waals surface area (Å²) in [6.45, 7) is 0.259. The molecule has 0 heterocycles. The Balaban J connectivity index is 2.48. The molecule has 0 amide bonds. The van der Waals surface area contributed by atoms with Gasteiger partial charge in [-0.15, -0.1) is 0 Å². The molecule has 0 spiro atoms. The molecular formula is C10H12ClFN2O2. The van der Waals surface area contributed by atoms with Gasteiger partial charge in [0.1, 0.15) is 11.9 Å². The SMILES string of the molecule is NC(CNCc1cc(Cl)ccc1F)C(=O)O. The summed E-state index contributed by atoms with van der Waals surface area (Å²) in [5, 5.41) is 11.7. The van der Waals surface area contributed by atoms with Crippen molar-refractivity contribution in [3.8, 4) is 0 Å². The zero-order chi connectivity index (χ0) is 12.1. The standard InChI is InChI=1S/C10H12ClFN2O2/c11-7-1-2-8(12)6(3-7)4-14-5-9(13)10(15)16/h1-3,9,14H,4-5,13H2,(H,15,16). The molecule has 1 unspecified atom stereocenters. The molecule has 4 nitrogen and oxygen atoms in total. The van der Waals surface area contributed by atoms with Gasteiger partial charge >= 0.3 is 5.97 Å². The first-order chi connectivity index (χ1) is 7.50. The number of benzene rings is 1. The summed E-state index contributed by atoms with van der Waals surface area (Å²) in [4.78, 5) is 10.4. The van der Waals surface area contributed by atoms with Gasteiger partial charge in [-0.2, -0.15) is 0 Å². The van der Waals surface area contributed by atoms with E-state index in [1.165, 1.54) is 18.2 Å². The molecule has 0 fully saturated rings. The van der Waals surface area contributed by atoms with Crippen molar-refractivity contribution in [1.29, 1.82) is 0 Å². The molecule has 6 heteroatoms. The van der Waals surface area contributed by atoms with Gasteiger partial charge in [0.05, 0.1) is 0 Å². The van der Waals surface area contributed by atoms with E-state index in [9.17, 15) is 9.18 Å². The van der Waals surface area contributed by atoms with Crippen LogP contribution in [0.2, 0.25) is 5.02 Å². The van der Waals surface area contributed by atoms with Crippen LogP contribution in [0, 0.1) is 5.82 Å². The van der Waals surface area contributed by atoms with E-state index in [-0.39, 0.29) is 18.9 Å². The molecule has 1 atom stereocenters. The lowest BCUT2D eigenvalue weighted by molar-refractivity contribution is -0.138. The Morgan fingerprint density at radius 2 is 2.31 bits per heavy atom. The van der Waals surface area contributed by atoms with Crippen LogP contribution < -0.4 is 11.1 Å². The van der Waals surface area contributed by atoms with Gasteiger partial charge in [-0.05, 0) is 18.2 Å². The number of rotatable bonds is 5. The summed E-state index contributed by atoms with van der Waals surface area (Å²) in [6, 6.07) is 3.19. The Bertz CT molecular complexity index is 387. The predicted octanol–water partition coefficient (Wildman–Crippen LogP) is 0.981. The molecule has 88 valence electrons. The first-order valence-electron chi connectivity index (χ1n) is 4.63. The van der Waals surface area contributed by atoms with E-state index in [1.54, 1.807) is 0 Å². The van der Waals surface area contributed by atoms with Gasteiger partial charge < -0.3 is 16.2 Å². The van der Waals surface area contributed by atoms with Gasteiger partial charge in [0.25, 0.3) is 0 Å². The molecule has 0 saturated heterocycles. The van der Waals surface area contributed by atoms with E-state index in [4.69, 9.17) is 22.4 Å². The van der Waals surface area contributed by atoms with Gasteiger partial charge in [-0.3, -0.25) is 4.79 Å². The molecule has 0 radical (unpaired) electrons. The third kappa shape index (κ3) is 3.77. The van der Waals surface area contributed by atoms with Crippen molar-refractivity contribution in [3.05, 3.63) is 34.6 Å². The number of carbonyl (C=O) groups is 1. The van der Waals surface area contributed by atoms with Gasteiger partial charge in [-0.1, -0.05) is 11.6 Å². The lowest BCUT2D eigenvalue weighted by Crippen LogP contribution is -2.40. The Kier molecular flexibility index (Phi) is 4.67. The molecule has 0 aromatic heterocycles. The highest BCUT2D eigenvalue weighted by Crippen LogP contribution is 2.14. The minimum atomic E-state index is -1.10. The number of aliphatic carboxylic acids is 1. The smallest absolute Gasteiger partial charge is 0.321 e. The first-order valence-corrected chi connectivity index (χ1v) is 5.01. The van der Waals surface area contributed by atoms with Gasteiger partial charge in [0.2, 0.25) is 0 Å². The van der Waals surface area contributed by atoms with Crippen LogP contribution in [0.4, 0.5) is 4.39 Å². The second-order valence-corrected chi connectivity index (χ2v) is 3.75. The van der Waals surface area contributed by atoms with Crippen LogP contribution >= 0.6 is 11.6 Å². The van der Waals surface area contributed by atoms with Crippen molar-refractivity contribution in [2.75, 3.05) is 6.54 Å². The lowest BCUT2D eigenvalue weighted by Gasteiger charge is -2.09. The van der Waals surface area contributed by atoms with Crippen molar-refractivity contribution in [3.63, 3.8) is 0 Å². The zero-order valence-corrected chi connectivity index (χ0v) is 9.17. The summed E-state index contributed by atoms with van der Waals surface area (Å²) in [5.74, 6) is -1.49. The Morgan fingerprint density at radius 1 is 1.62 bits per heavy atom. The normalized spacial score (nSPS) is 12.4. The van der Waals surface area contributed by atoms with Crippen LogP contribution in [0.1, 0.15) is 5.56 Å². The number of hydrogen-bond donors (Lipinski definition) is 3. The van der Waals surface area contributed by atoms with E-state index < -0.39 is 12.0 Å². The number of nitrogens with one attached hydrogen (secondary N) is 1. The van der Waals surface area contributed by atoms with E-state index in [2.05, 4.69) is 5.32 Å². The van der Waals surface area contributed by atoms with Crippen LogP contribution in [0.3, 0.4) is 0 Å². The monoisotopic (exact) mass is 246 g/mol. The van der Waals surface area contributed by atoms with Gasteiger partial charge in [0, 0.05) is 23.7 Å². The maximum atomic E-state index is 13.2. The second kappa shape index (κ2) is 5.79. The van der Waals surface area contributed by atoms with Crippen molar-refractivity contribution in [2.24, 2.45) is 5.73 Å². The highest BCUT2D eigenvalue weighted by molar-refractivity contribution is 6.30. The molecule has 0 bridgehead atoms. The molecule has 0 aliphatic rings. The number of carboxylic acid groups (broad SMARTS) is 1. The number of carboxylic acids is 1. The zero-order valence-electron chi connectivity index (χ0n) is 8.41. The van der Waals surface area contributed by atoms with E-state index in [0.717, 1.165) is 0 Å².